The molecule has 4 rings (SSSR count). The van der Waals surface area contributed by atoms with Crippen LogP contribution in [-0.4, -0.2) is 28.1 Å². The van der Waals surface area contributed by atoms with Crippen molar-refractivity contribution in [3.8, 4) is 11.4 Å². The largest absolute Gasteiger partial charge is 0.272 e. The molecule has 2 aromatic heterocycles. The van der Waals surface area contributed by atoms with E-state index in [4.69, 9.17) is 14.8 Å². The first kappa shape index (κ1) is 12.7. The van der Waals surface area contributed by atoms with Gasteiger partial charge in [0.2, 0.25) is 0 Å². The monoisotopic (exact) mass is 282 g/mol. The Kier molecular flexibility index (Phi) is 3.27. The minimum absolute atomic E-state index is 0.780. The third kappa shape index (κ3) is 2.38. The zero-order valence-electron chi connectivity index (χ0n) is 12.0. The average Bonchev–Trinajstić information content (AvgIpc) is 3.04. The van der Waals surface area contributed by atoms with E-state index in [9.17, 15) is 0 Å². The van der Waals surface area contributed by atoms with Crippen molar-refractivity contribution in [2.45, 2.75) is 32.1 Å². The molecule has 2 aromatic rings. The molecule has 0 amide bonds. The van der Waals surface area contributed by atoms with Crippen LogP contribution in [0.2, 0.25) is 0 Å². The highest BCUT2D eigenvalue weighted by atomic mass is 16.7. The van der Waals surface area contributed by atoms with Crippen LogP contribution in [-0.2, 0) is 17.7 Å². The lowest BCUT2D eigenvalue weighted by molar-refractivity contribution is 0.0758. The van der Waals surface area contributed by atoms with Crippen molar-refractivity contribution in [2.24, 2.45) is 0 Å². The fourth-order valence-corrected chi connectivity index (χ4v) is 3.01. The number of hydrogen-bond acceptors (Lipinski definition) is 5. The van der Waals surface area contributed by atoms with E-state index in [1.807, 2.05) is 17.2 Å². The molecule has 3 heterocycles. The molecule has 1 fully saturated rings. The van der Waals surface area contributed by atoms with E-state index in [0.717, 1.165) is 62.5 Å². The molecule has 5 nitrogen and oxygen atoms in total. The summed E-state index contributed by atoms with van der Waals surface area (Å²) < 4.78 is 0. The normalized spacial score (nSPS) is 17.8. The molecule has 0 saturated carbocycles. The maximum atomic E-state index is 5.81. The Morgan fingerprint density at radius 1 is 1.00 bits per heavy atom. The molecule has 2 aliphatic rings. The van der Waals surface area contributed by atoms with Gasteiger partial charge < -0.3 is 0 Å². The molecule has 1 aliphatic heterocycles. The van der Waals surface area contributed by atoms with Gasteiger partial charge in [0.1, 0.15) is 0 Å². The van der Waals surface area contributed by atoms with Crippen LogP contribution in [0.4, 0.5) is 5.82 Å². The van der Waals surface area contributed by atoms with Crippen LogP contribution in [0.25, 0.3) is 11.4 Å². The second-order valence-electron chi connectivity index (χ2n) is 5.53. The lowest BCUT2D eigenvalue weighted by atomic mass is 10.2. The molecule has 1 aliphatic carbocycles. The third-order valence-electron chi connectivity index (χ3n) is 4.09. The molecule has 0 aromatic carbocycles. The first-order valence-electron chi connectivity index (χ1n) is 7.62. The van der Waals surface area contributed by atoms with Crippen molar-refractivity contribution in [3.63, 3.8) is 0 Å². The van der Waals surface area contributed by atoms with Gasteiger partial charge in [-0.2, -0.15) is 0 Å². The Labute approximate surface area is 124 Å². The Morgan fingerprint density at radius 2 is 1.90 bits per heavy atom. The number of nitrogens with zero attached hydrogens (tertiary/aromatic N) is 4. The fraction of sp³-hybridized carbons (Fsp3) is 0.438. The van der Waals surface area contributed by atoms with Gasteiger partial charge in [-0.05, 0) is 44.2 Å². The zero-order valence-corrected chi connectivity index (χ0v) is 12.0. The average molecular weight is 282 g/mol. The van der Waals surface area contributed by atoms with Gasteiger partial charge in [0.25, 0.3) is 0 Å². The summed E-state index contributed by atoms with van der Waals surface area (Å²) in [4.78, 5) is 19.4. The Bertz CT molecular complexity index is 638. The number of fused-ring (bicyclic) bond motifs is 1. The number of anilines is 1. The molecule has 5 heteroatoms. The Morgan fingerprint density at radius 3 is 2.71 bits per heavy atom. The van der Waals surface area contributed by atoms with Gasteiger partial charge >= 0.3 is 0 Å². The van der Waals surface area contributed by atoms with Gasteiger partial charge in [0.05, 0.1) is 6.61 Å². The van der Waals surface area contributed by atoms with Crippen LogP contribution in [0, 0.1) is 0 Å². The minimum atomic E-state index is 0.780. The maximum Gasteiger partial charge on any atom is 0.161 e. The molecule has 0 radical (unpaired) electrons. The highest BCUT2D eigenvalue weighted by molar-refractivity contribution is 5.60. The van der Waals surface area contributed by atoms with Crippen molar-refractivity contribution in [1.29, 1.82) is 0 Å². The topological polar surface area (TPSA) is 51.1 Å². The van der Waals surface area contributed by atoms with Gasteiger partial charge in [-0.15, -0.1) is 0 Å². The lowest BCUT2D eigenvalue weighted by Gasteiger charge is -2.28. The summed E-state index contributed by atoms with van der Waals surface area (Å²) >= 11 is 0. The van der Waals surface area contributed by atoms with Crippen LogP contribution in [0.3, 0.4) is 0 Å². The molecular weight excluding hydrogens is 264 g/mol. The predicted molar refractivity (Wildman–Crippen MR) is 79.8 cm³/mol. The van der Waals surface area contributed by atoms with E-state index in [2.05, 4.69) is 4.98 Å². The number of hydrogen-bond donors (Lipinski definition) is 0. The Balaban J connectivity index is 1.80. The summed E-state index contributed by atoms with van der Waals surface area (Å²) in [5.41, 5.74) is 3.47. The van der Waals surface area contributed by atoms with E-state index in [1.165, 1.54) is 11.3 Å². The van der Waals surface area contributed by atoms with Crippen molar-refractivity contribution in [1.82, 2.24) is 15.0 Å². The third-order valence-corrected chi connectivity index (χ3v) is 4.09. The van der Waals surface area contributed by atoms with Crippen molar-refractivity contribution < 1.29 is 4.84 Å². The van der Waals surface area contributed by atoms with Crippen molar-refractivity contribution in [3.05, 3.63) is 35.8 Å². The second-order valence-corrected chi connectivity index (χ2v) is 5.53. The molecule has 1 saturated heterocycles. The summed E-state index contributed by atoms with van der Waals surface area (Å²) in [6, 6.07) is 3.91. The molecule has 0 spiro atoms. The summed E-state index contributed by atoms with van der Waals surface area (Å²) in [6.07, 6.45) is 9.10. The number of pyridine rings is 1. The maximum absolute atomic E-state index is 5.81. The summed E-state index contributed by atoms with van der Waals surface area (Å²) in [5.74, 6) is 1.76. The van der Waals surface area contributed by atoms with E-state index < -0.39 is 0 Å². The summed E-state index contributed by atoms with van der Waals surface area (Å²) in [5, 5.41) is 1.97. The number of aryl methyl sites for hydroxylation is 1. The molecule has 108 valence electrons. The first-order chi connectivity index (χ1) is 10.4. The van der Waals surface area contributed by atoms with Crippen molar-refractivity contribution in [2.75, 3.05) is 18.2 Å². The highest BCUT2D eigenvalue weighted by Crippen LogP contribution is 2.32. The van der Waals surface area contributed by atoms with Crippen LogP contribution < -0.4 is 5.06 Å². The predicted octanol–water partition coefficient (Wildman–Crippen LogP) is 2.56. The minimum Gasteiger partial charge on any atom is -0.272 e. The molecule has 0 bridgehead atoms. The van der Waals surface area contributed by atoms with Gasteiger partial charge in [-0.3, -0.25) is 9.82 Å². The second kappa shape index (κ2) is 5.41. The first-order valence-corrected chi connectivity index (χ1v) is 7.62. The fourth-order valence-electron chi connectivity index (χ4n) is 3.01. The summed E-state index contributed by atoms with van der Waals surface area (Å²) in [7, 11) is 0. The van der Waals surface area contributed by atoms with E-state index in [-0.39, 0.29) is 0 Å². The molecule has 0 N–H and O–H groups in total. The quantitative estimate of drug-likeness (QED) is 0.847. The van der Waals surface area contributed by atoms with Gasteiger partial charge in [-0.25, -0.2) is 15.0 Å². The Hall–Kier alpha value is -2.01. The van der Waals surface area contributed by atoms with Crippen LogP contribution >= 0.6 is 0 Å². The zero-order chi connectivity index (χ0) is 14.1. The van der Waals surface area contributed by atoms with E-state index >= 15 is 0 Å². The van der Waals surface area contributed by atoms with Crippen LogP contribution in [0.5, 0.6) is 0 Å². The van der Waals surface area contributed by atoms with Gasteiger partial charge in [0.15, 0.2) is 11.6 Å². The van der Waals surface area contributed by atoms with Gasteiger partial charge in [0, 0.05) is 35.8 Å². The van der Waals surface area contributed by atoms with Crippen LogP contribution in [0.1, 0.15) is 30.5 Å². The van der Waals surface area contributed by atoms with Crippen LogP contribution in [0.15, 0.2) is 24.5 Å². The number of rotatable bonds is 2. The summed E-state index contributed by atoms with van der Waals surface area (Å²) in [6.45, 7) is 1.70. The number of aromatic nitrogens is 3. The van der Waals surface area contributed by atoms with E-state index in [0.29, 0.717) is 0 Å². The molecular formula is C16H18N4O. The van der Waals surface area contributed by atoms with Crippen molar-refractivity contribution >= 4 is 5.82 Å². The lowest BCUT2D eigenvalue weighted by Crippen LogP contribution is -2.31. The molecule has 0 atom stereocenters. The highest BCUT2D eigenvalue weighted by Gasteiger charge is 2.25. The standard InChI is InChI=1S/C16H18N4O/c1-2-11-21-20(10-1)16-13-4-3-5-14(13)18-15(19-16)12-6-8-17-9-7-12/h6-9H,1-5,10-11H2. The molecule has 0 unspecified atom stereocenters. The number of hydroxylamine groups is 1. The van der Waals surface area contributed by atoms with Gasteiger partial charge in [-0.1, -0.05) is 0 Å². The SMILES string of the molecule is c1cc(-c2nc3c(c(N4CCCCO4)n2)CCC3)ccn1. The smallest absolute Gasteiger partial charge is 0.161 e. The van der Waals surface area contributed by atoms with E-state index in [1.54, 1.807) is 12.4 Å². The molecule has 21 heavy (non-hydrogen) atoms.